The van der Waals surface area contributed by atoms with E-state index in [-0.39, 0.29) is 12.5 Å². The number of methoxy groups -OCH3 is 1. The Labute approximate surface area is 123 Å². The lowest BCUT2D eigenvalue weighted by atomic mass is 10.1. The second-order valence-electron chi connectivity index (χ2n) is 5.07. The quantitative estimate of drug-likeness (QED) is 0.882. The third kappa shape index (κ3) is 3.72. The maximum Gasteiger partial charge on any atom is 0.264 e. The summed E-state index contributed by atoms with van der Waals surface area (Å²) in [6.07, 6.45) is -0.639. The smallest absolute Gasteiger partial charge is 0.264 e. The molecule has 1 heterocycles. The Morgan fingerprint density at radius 3 is 2.62 bits per heavy atom. The van der Waals surface area contributed by atoms with E-state index in [4.69, 9.17) is 14.0 Å². The van der Waals surface area contributed by atoms with Gasteiger partial charge in [0, 0.05) is 17.5 Å². The van der Waals surface area contributed by atoms with Crippen LogP contribution in [0.1, 0.15) is 50.1 Å². The van der Waals surface area contributed by atoms with Crippen molar-refractivity contribution in [2.75, 3.05) is 7.11 Å². The number of aromatic nitrogens is 2. The van der Waals surface area contributed by atoms with E-state index in [2.05, 4.69) is 10.1 Å². The molecular formula is C15H20N2O4. The SMILES string of the molecule is COc1ccc(C(C)O)c(OCc2nc(C(C)C)no2)c1. The lowest BCUT2D eigenvalue weighted by Gasteiger charge is -2.13. The van der Waals surface area contributed by atoms with E-state index in [1.54, 1.807) is 32.2 Å². The minimum atomic E-state index is -0.639. The molecule has 0 fully saturated rings. The van der Waals surface area contributed by atoms with Crippen molar-refractivity contribution in [3.63, 3.8) is 0 Å². The Kier molecular flexibility index (Phi) is 4.80. The van der Waals surface area contributed by atoms with Crippen LogP contribution in [0.3, 0.4) is 0 Å². The highest BCUT2D eigenvalue weighted by Gasteiger charge is 2.14. The largest absolute Gasteiger partial charge is 0.497 e. The van der Waals surface area contributed by atoms with Crippen LogP contribution in [0.2, 0.25) is 0 Å². The third-order valence-electron chi connectivity index (χ3n) is 3.02. The summed E-state index contributed by atoms with van der Waals surface area (Å²) in [5.74, 6) is 2.44. The highest BCUT2D eigenvalue weighted by Crippen LogP contribution is 2.30. The Morgan fingerprint density at radius 1 is 1.29 bits per heavy atom. The van der Waals surface area contributed by atoms with Crippen LogP contribution in [0.15, 0.2) is 22.7 Å². The molecule has 0 aliphatic carbocycles. The third-order valence-corrected chi connectivity index (χ3v) is 3.02. The zero-order valence-electron chi connectivity index (χ0n) is 12.7. The summed E-state index contributed by atoms with van der Waals surface area (Å²) in [6, 6.07) is 5.27. The van der Waals surface area contributed by atoms with E-state index in [0.717, 1.165) is 0 Å². The molecule has 2 aromatic rings. The van der Waals surface area contributed by atoms with Crippen LogP contribution >= 0.6 is 0 Å². The normalized spacial score (nSPS) is 12.5. The number of aliphatic hydroxyl groups is 1. The molecule has 1 unspecified atom stereocenters. The fourth-order valence-electron chi connectivity index (χ4n) is 1.81. The van der Waals surface area contributed by atoms with Crippen molar-refractivity contribution in [1.82, 2.24) is 10.1 Å². The summed E-state index contributed by atoms with van der Waals surface area (Å²) in [6.45, 7) is 5.80. The van der Waals surface area contributed by atoms with Gasteiger partial charge < -0.3 is 19.1 Å². The molecule has 0 saturated carbocycles. The minimum absolute atomic E-state index is 0.145. The van der Waals surface area contributed by atoms with Gasteiger partial charge in [-0.3, -0.25) is 0 Å². The topological polar surface area (TPSA) is 77.6 Å². The van der Waals surface area contributed by atoms with E-state index in [9.17, 15) is 5.11 Å². The summed E-state index contributed by atoms with van der Waals surface area (Å²) in [5.41, 5.74) is 0.680. The highest BCUT2D eigenvalue weighted by molar-refractivity contribution is 5.41. The first kappa shape index (κ1) is 15.3. The van der Waals surface area contributed by atoms with Gasteiger partial charge in [-0.15, -0.1) is 0 Å². The lowest BCUT2D eigenvalue weighted by molar-refractivity contribution is 0.185. The molecule has 0 spiro atoms. The van der Waals surface area contributed by atoms with Gasteiger partial charge in [0.2, 0.25) is 0 Å². The van der Waals surface area contributed by atoms with Crippen molar-refractivity contribution in [1.29, 1.82) is 0 Å². The monoisotopic (exact) mass is 292 g/mol. The first-order chi connectivity index (χ1) is 10.0. The molecule has 2 rings (SSSR count). The first-order valence-corrected chi connectivity index (χ1v) is 6.82. The second-order valence-corrected chi connectivity index (χ2v) is 5.07. The molecule has 0 aliphatic rings. The lowest BCUT2D eigenvalue weighted by Crippen LogP contribution is -2.02. The number of benzene rings is 1. The Balaban J connectivity index is 2.14. The molecular weight excluding hydrogens is 272 g/mol. The summed E-state index contributed by atoms with van der Waals surface area (Å²) in [7, 11) is 1.58. The van der Waals surface area contributed by atoms with Crippen LogP contribution in [0.5, 0.6) is 11.5 Å². The van der Waals surface area contributed by atoms with E-state index >= 15 is 0 Å². The molecule has 0 radical (unpaired) electrons. The Bertz CT molecular complexity index is 593. The summed E-state index contributed by atoms with van der Waals surface area (Å²) in [5, 5.41) is 13.6. The molecule has 1 aromatic carbocycles. The van der Waals surface area contributed by atoms with Gasteiger partial charge >= 0.3 is 0 Å². The molecule has 0 aliphatic heterocycles. The minimum Gasteiger partial charge on any atom is -0.497 e. The fourth-order valence-corrected chi connectivity index (χ4v) is 1.81. The molecule has 1 N–H and O–H groups in total. The molecule has 1 atom stereocenters. The second kappa shape index (κ2) is 6.58. The fraction of sp³-hybridized carbons (Fsp3) is 0.467. The molecule has 0 amide bonds. The number of aliphatic hydroxyl groups excluding tert-OH is 1. The standard InChI is InChI=1S/C15H20N2O4/c1-9(2)15-16-14(21-17-15)8-20-13-7-11(19-4)5-6-12(13)10(3)18/h5-7,9-10,18H,8H2,1-4H3. The van der Waals surface area contributed by atoms with Gasteiger partial charge in [0.15, 0.2) is 12.4 Å². The zero-order chi connectivity index (χ0) is 15.4. The highest BCUT2D eigenvalue weighted by atomic mass is 16.5. The number of rotatable bonds is 6. The molecule has 114 valence electrons. The van der Waals surface area contributed by atoms with E-state index in [1.165, 1.54) is 0 Å². The van der Waals surface area contributed by atoms with Crippen molar-refractivity contribution >= 4 is 0 Å². The van der Waals surface area contributed by atoms with Crippen LogP contribution < -0.4 is 9.47 Å². The van der Waals surface area contributed by atoms with Gasteiger partial charge in [0.1, 0.15) is 11.5 Å². The van der Waals surface area contributed by atoms with Gasteiger partial charge in [-0.1, -0.05) is 19.0 Å². The van der Waals surface area contributed by atoms with Crippen LogP contribution in [0, 0.1) is 0 Å². The maximum atomic E-state index is 9.77. The predicted octanol–water partition coefficient (Wildman–Crippen LogP) is 2.83. The van der Waals surface area contributed by atoms with Gasteiger partial charge in [-0.2, -0.15) is 4.98 Å². The summed E-state index contributed by atoms with van der Waals surface area (Å²) < 4.78 is 16.0. The first-order valence-electron chi connectivity index (χ1n) is 6.82. The van der Waals surface area contributed by atoms with Crippen LogP contribution in [0.4, 0.5) is 0 Å². The van der Waals surface area contributed by atoms with Crippen molar-refractivity contribution in [2.24, 2.45) is 0 Å². The predicted molar refractivity (Wildman–Crippen MR) is 76.3 cm³/mol. The van der Waals surface area contributed by atoms with Crippen LogP contribution in [-0.2, 0) is 6.61 Å². The summed E-state index contributed by atoms with van der Waals surface area (Å²) in [4.78, 5) is 4.25. The van der Waals surface area contributed by atoms with Crippen molar-refractivity contribution < 1.29 is 19.1 Å². The van der Waals surface area contributed by atoms with Crippen molar-refractivity contribution in [3.05, 3.63) is 35.5 Å². The molecule has 0 saturated heterocycles. The number of ether oxygens (including phenoxy) is 2. The van der Waals surface area contributed by atoms with Crippen molar-refractivity contribution in [2.45, 2.75) is 39.4 Å². The molecule has 6 heteroatoms. The average molecular weight is 292 g/mol. The zero-order valence-corrected chi connectivity index (χ0v) is 12.7. The van der Waals surface area contributed by atoms with Crippen molar-refractivity contribution in [3.8, 4) is 11.5 Å². The van der Waals surface area contributed by atoms with Gasteiger partial charge in [0.25, 0.3) is 5.89 Å². The van der Waals surface area contributed by atoms with E-state index in [0.29, 0.717) is 28.8 Å². The molecule has 21 heavy (non-hydrogen) atoms. The van der Waals surface area contributed by atoms with Crippen LogP contribution in [-0.4, -0.2) is 22.4 Å². The van der Waals surface area contributed by atoms with Gasteiger partial charge in [0.05, 0.1) is 13.2 Å². The van der Waals surface area contributed by atoms with Crippen LogP contribution in [0.25, 0.3) is 0 Å². The Morgan fingerprint density at radius 2 is 2.05 bits per heavy atom. The molecule has 0 bridgehead atoms. The molecule has 1 aromatic heterocycles. The van der Waals surface area contributed by atoms with E-state index < -0.39 is 6.10 Å². The maximum absolute atomic E-state index is 9.77. The Hall–Kier alpha value is -2.08. The van der Waals surface area contributed by atoms with Gasteiger partial charge in [-0.25, -0.2) is 0 Å². The number of nitrogens with zero attached hydrogens (tertiary/aromatic N) is 2. The van der Waals surface area contributed by atoms with Gasteiger partial charge in [-0.05, 0) is 19.1 Å². The summed E-state index contributed by atoms with van der Waals surface area (Å²) >= 11 is 0. The number of hydrogen-bond acceptors (Lipinski definition) is 6. The average Bonchev–Trinajstić information content (AvgIpc) is 2.93. The van der Waals surface area contributed by atoms with E-state index in [1.807, 2.05) is 13.8 Å². The number of hydrogen-bond donors (Lipinski definition) is 1. The molecule has 6 nitrogen and oxygen atoms in total.